The molecular weight excluding hydrogens is 594 g/mol. The number of rotatable bonds is 18. The van der Waals surface area contributed by atoms with E-state index in [1.54, 1.807) is 6.92 Å². The van der Waals surface area contributed by atoms with Gasteiger partial charge >= 0.3 is 17.9 Å². The normalized spacial score (nSPS) is 22.7. The first-order valence-electron chi connectivity index (χ1n) is 13.7. The highest BCUT2D eigenvalue weighted by atomic mass is 16.6. The van der Waals surface area contributed by atoms with E-state index in [-0.39, 0.29) is 78.2 Å². The smallest absolute Gasteiger partial charge is 0.308 e. The fourth-order valence-electron chi connectivity index (χ4n) is 4.08. The van der Waals surface area contributed by atoms with Crippen molar-refractivity contribution in [1.82, 2.24) is 16.0 Å². The topological polar surface area (TPSA) is 245 Å². The molecule has 3 aliphatic heterocycles. The molecule has 3 heterocycles. The predicted octanol–water partition coefficient (Wildman–Crippen LogP) is -2.91. The molecule has 0 aromatic heterocycles. The molecule has 3 fully saturated rings. The summed E-state index contributed by atoms with van der Waals surface area (Å²) in [6.07, 6.45) is -4.98. The van der Waals surface area contributed by atoms with Gasteiger partial charge in [-0.25, -0.2) is 0 Å². The first-order valence-corrected chi connectivity index (χ1v) is 13.7. The summed E-state index contributed by atoms with van der Waals surface area (Å²) in [5.41, 5.74) is -0.870. The van der Waals surface area contributed by atoms with Crippen molar-refractivity contribution in [2.45, 2.75) is 63.8 Å². The van der Waals surface area contributed by atoms with Gasteiger partial charge in [-0.15, -0.1) is 0 Å². The monoisotopic (exact) mass is 627 g/mol. The first kappa shape index (κ1) is 34.2. The van der Waals surface area contributed by atoms with Crippen molar-refractivity contribution < 1.29 is 71.6 Å². The van der Waals surface area contributed by atoms with Crippen LogP contribution in [0.2, 0.25) is 0 Å². The van der Waals surface area contributed by atoms with E-state index in [2.05, 4.69) is 0 Å². The lowest BCUT2D eigenvalue weighted by atomic mass is 9.94. The zero-order valence-corrected chi connectivity index (χ0v) is 23.8. The van der Waals surface area contributed by atoms with E-state index >= 15 is 0 Å². The fourth-order valence-corrected chi connectivity index (χ4v) is 4.08. The summed E-state index contributed by atoms with van der Waals surface area (Å²) in [7, 11) is 0. The van der Waals surface area contributed by atoms with Gasteiger partial charge in [0.1, 0.15) is 0 Å². The van der Waals surface area contributed by atoms with Crippen molar-refractivity contribution in [1.29, 1.82) is 0 Å². The highest BCUT2D eigenvalue weighted by molar-refractivity contribution is 6.06. The molecule has 0 spiro atoms. The Kier molecular flexibility index (Phi) is 12.4. The average molecular weight is 628 g/mol. The van der Waals surface area contributed by atoms with Crippen molar-refractivity contribution in [2.75, 3.05) is 39.6 Å². The third-order valence-electron chi connectivity index (χ3n) is 6.30. The Hall–Kier alpha value is -4.29. The van der Waals surface area contributed by atoms with Gasteiger partial charge in [0.15, 0.2) is 18.3 Å². The van der Waals surface area contributed by atoms with Crippen LogP contribution in [0, 0.1) is 5.41 Å². The number of imide groups is 3. The molecule has 3 atom stereocenters. The third-order valence-corrected chi connectivity index (χ3v) is 6.30. The second-order valence-corrected chi connectivity index (χ2v) is 10.5. The Labute approximate surface area is 250 Å². The molecule has 6 amide bonds. The van der Waals surface area contributed by atoms with E-state index in [1.165, 1.54) is 0 Å². The van der Waals surface area contributed by atoms with Gasteiger partial charge in [0.05, 0.1) is 78.2 Å². The van der Waals surface area contributed by atoms with E-state index in [0.717, 1.165) is 0 Å². The molecule has 0 saturated carbocycles. The molecule has 3 aliphatic rings. The number of amides is 6. The van der Waals surface area contributed by atoms with Gasteiger partial charge in [-0.05, 0) is 0 Å². The molecule has 3 unspecified atom stereocenters. The van der Waals surface area contributed by atoms with Crippen LogP contribution in [0.1, 0.15) is 45.4 Å². The summed E-state index contributed by atoms with van der Waals surface area (Å²) in [5.74, 6) is -5.96. The van der Waals surface area contributed by atoms with Crippen LogP contribution in [0.4, 0.5) is 0 Å². The minimum atomic E-state index is -1.19. The maximum Gasteiger partial charge on any atom is 0.308 e. The van der Waals surface area contributed by atoms with Crippen LogP contribution in [0.3, 0.4) is 0 Å². The number of carbonyl (C=O) groups excluding carboxylic acids is 9. The summed E-state index contributed by atoms with van der Waals surface area (Å²) in [4.78, 5) is 104. The van der Waals surface area contributed by atoms with Crippen LogP contribution in [0.5, 0.6) is 0 Å². The minimum Gasteiger partial charge on any atom is -0.452 e. The molecular formula is C26H33N3O15. The molecule has 0 aromatic rings. The number of nitrogens with one attached hydrogen (secondary N) is 3. The zero-order chi connectivity index (χ0) is 32.3. The fraction of sp³-hybridized carbons (Fsp3) is 0.654. The molecule has 18 heteroatoms. The average Bonchev–Trinajstić information content (AvgIpc) is 3.55. The van der Waals surface area contributed by atoms with Gasteiger partial charge in [-0.2, -0.15) is 0 Å². The number of carbonyl (C=O) groups is 9. The molecule has 3 saturated heterocycles. The molecule has 0 bridgehead atoms. The number of hydrogen-bond donors (Lipinski definition) is 3. The molecule has 0 aliphatic carbocycles. The van der Waals surface area contributed by atoms with Crippen LogP contribution < -0.4 is 16.0 Å². The zero-order valence-electron chi connectivity index (χ0n) is 23.8. The van der Waals surface area contributed by atoms with E-state index in [4.69, 9.17) is 28.4 Å². The van der Waals surface area contributed by atoms with Crippen molar-refractivity contribution in [3.8, 4) is 0 Å². The molecule has 18 nitrogen and oxygen atoms in total. The second kappa shape index (κ2) is 16.0. The van der Waals surface area contributed by atoms with Crippen LogP contribution in [0.25, 0.3) is 0 Å². The Morgan fingerprint density at radius 3 is 1.07 bits per heavy atom. The van der Waals surface area contributed by atoms with Crippen LogP contribution in [0.15, 0.2) is 0 Å². The summed E-state index contributed by atoms with van der Waals surface area (Å²) in [6, 6.07) is 0. The predicted molar refractivity (Wildman–Crippen MR) is 137 cm³/mol. The molecule has 3 N–H and O–H groups in total. The van der Waals surface area contributed by atoms with Crippen LogP contribution >= 0.6 is 0 Å². The maximum absolute atomic E-state index is 12.0. The quantitative estimate of drug-likeness (QED) is 0.0597. The van der Waals surface area contributed by atoms with E-state index in [9.17, 15) is 43.2 Å². The van der Waals surface area contributed by atoms with E-state index in [0.29, 0.717) is 0 Å². The summed E-state index contributed by atoms with van der Waals surface area (Å²) in [6.45, 7) is 1.31. The lowest BCUT2D eigenvalue weighted by Crippen LogP contribution is -2.35. The Bertz CT molecular complexity index is 1040. The first-order chi connectivity index (χ1) is 20.8. The Morgan fingerprint density at radius 1 is 0.568 bits per heavy atom. The summed E-state index contributed by atoms with van der Waals surface area (Å²) >= 11 is 0. The van der Waals surface area contributed by atoms with E-state index < -0.39 is 77.1 Å². The van der Waals surface area contributed by atoms with Crippen molar-refractivity contribution in [3.05, 3.63) is 0 Å². The van der Waals surface area contributed by atoms with Crippen molar-refractivity contribution >= 4 is 53.4 Å². The highest BCUT2D eigenvalue weighted by Crippen LogP contribution is 2.20. The largest absolute Gasteiger partial charge is 0.452 e. The maximum atomic E-state index is 12.0. The molecule has 242 valence electrons. The Balaban J connectivity index is 1.41. The number of esters is 3. The second-order valence-electron chi connectivity index (χ2n) is 10.5. The van der Waals surface area contributed by atoms with Gasteiger partial charge in [0.25, 0.3) is 17.7 Å². The van der Waals surface area contributed by atoms with Gasteiger partial charge < -0.3 is 28.4 Å². The van der Waals surface area contributed by atoms with Crippen LogP contribution in [-0.4, -0.2) is 111 Å². The van der Waals surface area contributed by atoms with Crippen molar-refractivity contribution in [3.63, 3.8) is 0 Å². The molecule has 44 heavy (non-hydrogen) atoms. The standard InChI is InChI=1S/C26H33N3O15/c1-26(11-39-5-2-20(33)42-14-8-17(30)27-23(14)36,12-40-6-3-21(34)43-15-9-18(31)28-24(15)37)13-41-7-4-22(35)44-16-10-19(32)29-25(16)38/h14-16H,2-13H2,1H3,(H,27,30,36)(H,28,31,37)(H,29,32,38). The highest BCUT2D eigenvalue weighted by Gasteiger charge is 2.36. The third kappa shape index (κ3) is 11.1. The minimum absolute atomic E-state index is 0.0215. The SMILES string of the molecule is CC(COCCC(=O)OC1CC(=O)NC1=O)(COCCC(=O)OC1CC(=O)NC1=O)COCCC(=O)OC1CC(=O)NC1=O. The lowest BCUT2D eigenvalue weighted by molar-refractivity contribution is -0.156. The molecule has 0 radical (unpaired) electrons. The summed E-state index contributed by atoms with van der Waals surface area (Å²) < 4.78 is 31.7. The van der Waals surface area contributed by atoms with E-state index in [1.807, 2.05) is 16.0 Å². The molecule has 3 rings (SSSR count). The number of hydrogen-bond acceptors (Lipinski definition) is 15. The van der Waals surface area contributed by atoms with Gasteiger partial charge in [0.2, 0.25) is 17.7 Å². The van der Waals surface area contributed by atoms with Crippen LogP contribution in [-0.2, 0) is 71.6 Å². The van der Waals surface area contributed by atoms with Gasteiger partial charge in [0, 0.05) is 5.41 Å². The Morgan fingerprint density at radius 2 is 0.841 bits per heavy atom. The van der Waals surface area contributed by atoms with Gasteiger partial charge in [-0.3, -0.25) is 59.1 Å². The number of ether oxygens (including phenoxy) is 6. The lowest BCUT2D eigenvalue weighted by Gasteiger charge is -2.29. The molecule has 0 aromatic carbocycles. The van der Waals surface area contributed by atoms with Gasteiger partial charge in [-0.1, -0.05) is 6.92 Å². The summed E-state index contributed by atoms with van der Waals surface area (Å²) in [5, 5.41) is 6.09. The van der Waals surface area contributed by atoms with Crippen molar-refractivity contribution in [2.24, 2.45) is 5.41 Å².